The van der Waals surface area contributed by atoms with Crippen molar-refractivity contribution in [1.82, 2.24) is 9.97 Å². The maximum absolute atomic E-state index is 13.8. The second kappa shape index (κ2) is 3.96. The first-order chi connectivity index (χ1) is 8.70. The van der Waals surface area contributed by atoms with E-state index >= 15 is 0 Å². The van der Waals surface area contributed by atoms with E-state index in [2.05, 4.69) is 15.3 Å². The molecule has 4 nitrogen and oxygen atoms in total. The Kier molecular flexibility index (Phi) is 2.41. The van der Waals surface area contributed by atoms with Crippen LogP contribution in [0.2, 0.25) is 5.02 Å². The van der Waals surface area contributed by atoms with E-state index in [0.717, 1.165) is 6.20 Å². The van der Waals surface area contributed by atoms with Gasteiger partial charge in [0.05, 0.1) is 29.1 Å². The number of carbonyl (C=O) groups excluding carboxylic acids is 1. The molecule has 0 fully saturated rings. The average molecular weight is 264 g/mol. The summed E-state index contributed by atoms with van der Waals surface area (Å²) in [6.45, 7) is 0. The van der Waals surface area contributed by atoms with Gasteiger partial charge in [0.25, 0.3) is 0 Å². The van der Waals surface area contributed by atoms with Crippen molar-refractivity contribution in [2.75, 3.05) is 5.32 Å². The Bertz CT molecular complexity index is 769. The van der Waals surface area contributed by atoms with Crippen molar-refractivity contribution in [1.29, 1.82) is 0 Å². The number of fused-ring (bicyclic) bond motifs is 3. The molecule has 0 saturated carbocycles. The zero-order chi connectivity index (χ0) is 12.7. The van der Waals surface area contributed by atoms with Gasteiger partial charge in [0.2, 0.25) is 6.41 Å². The molecule has 0 saturated heterocycles. The predicted octanol–water partition coefficient (Wildman–Crippen LogP) is 3.08. The number of anilines is 1. The van der Waals surface area contributed by atoms with E-state index in [1.54, 1.807) is 12.1 Å². The number of aromatic amines is 1. The zero-order valence-electron chi connectivity index (χ0n) is 9.00. The molecule has 0 aliphatic rings. The van der Waals surface area contributed by atoms with Gasteiger partial charge >= 0.3 is 0 Å². The summed E-state index contributed by atoms with van der Waals surface area (Å²) < 4.78 is 13.8. The van der Waals surface area contributed by atoms with Gasteiger partial charge in [-0.2, -0.15) is 0 Å². The molecule has 0 unspecified atom stereocenters. The Morgan fingerprint density at radius 2 is 2.22 bits per heavy atom. The highest BCUT2D eigenvalue weighted by Crippen LogP contribution is 2.33. The van der Waals surface area contributed by atoms with E-state index in [-0.39, 0.29) is 0 Å². The highest BCUT2D eigenvalue weighted by atomic mass is 35.5. The Balaban J connectivity index is 2.50. The number of H-pyrrole nitrogens is 1. The van der Waals surface area contributed by atoms with Crippen LogP contribution >= 0.6 is 11.6 Å². The second-order valence-electron chi connectivity index (χ2n) is 3.81. The third-order valence-corrected chi connectivity index (χ3v) is 2.96. The average Bonchev–Trinajstić information content (AvgIpc) is 2.69. The van der Waals surface area contributed by atoms with Crippen molar-refractivity contribution in [3.05, 3.63) is 35.4 Å². The first-order valence-electron chi connectivity index (χ1n) is 5.15. The number of nitrogens with one attached hydrogen (secondary N) is 2. The fourth-order valence-corrected chi connectivity index (χ4v) is 2.27. The molecule has 3 rings (SSSR count). The first-order valence-corrected chi connectivity index (χ1v) is 5.53. The third-order valence-electron chi connectivity index (χ3n) is 2.75. The number of hydrogen-bond acceptors (Lipinski definition) is 2. The SMILES string of the molecule is O=CNc1cc(Cl)cc2c1[nH]c1cncc(F)c12. The van der Waals surface area contributed by atoms with Crippen LogP contribution in [0, 0.1) is 5.82 Å². The van der Waals surface area contributed by atoms with E-state index < -0.39 is 5.82 Å². The molecule has 90 valence electrons. The van der Waals surface area contributed by atoms with Gasteiger partial charge < -0.3 is 10.3 Å². The number of rotatable bonds is 2. The molecule has 2 heterocycles. The second-order valence-corrected chi connectivity index (χ2v) is 4.24. The first kappa shape index (κ1) is 11.0. The summed E-state index contributed by atoms with van der Waals surface area (Å²) in [6.07, 6.45) is 3.21. The lowest BCUT2D eigenvalue weighted by atomic mass is 10.1. The summed E-state index contributed by atoms with van der Waals surface area (Å²) in [5, 5.41) is 3.98. The molecule has 0 aliphatic carbocycles. The molecule has 2 aromatic heterocycles. The standard InChI is InChI=1S/C12H7ClFN3O/c13-6-1-7-11-8(14)3-15-4-10(11)17-12(7)9(2-6)16-5-18/h1-5,17H,(H,16,18). The fourth-order valence-electron chi connectivity index (χ4n) is 2.05. The van der Waals surface area contributed by atoms with E-state index in [4.69, 9.17) is 11.6 Å². The van der Waals surface area contributed by atoms with Crippen LogP contribution < -0.4 is 5.32 Å². The van der Waals surface area contributed by atoms with Crippen LogP contribution in [0.25, 0.3) is 21.8 Å². The Morgan fingerprint density at radius 3 is 3.00 bits per heavy atom. The van der Waals surface area contributed by atoms with Crippen LogP contribution in [-0.2, 0) is 4.79 Å². The predicted molar refractivity (Wildman–Crippen MR) is 68.3 cm³/mol. The summed E-state index contributed by atoms with van der Waals surface area (Å²) in [6, 6.07) is 3.24. The molecule has 0 spiro atoms. The lowest BCUT2D eigenvalue weighted by molar-refractivity contribution is -0.105. The van der Waals surface area contributed by atoms with Crippen molar-refractivity contribution in [2.24, 2.45) is 0 Å². The number of aromatic nitrogens is 2. The molecule has 18 heavy (non-hydrogen) atoms. The largest absolute Gasteiger partial charge is 0.351 e. The number of nitrogens with zero attached hydrogens (tertiary/aromatic N) is 1. The van der Waals surface area contributed by atoms with Crippen LogP contribution in [0.5, 0.6) is 0 Å². The van der Waals surface area contributed by atoms with Gasteiger partial charge in [-0.1, -0.05) is 11.6 Å². The van der Waals surface area contributed by atoms with Gasteiger partial charge in [0, 0.05) is 15.8 Å². The number of amides is 1. The number of carbonyl (C=O) groups is 1. The van der Waals surface area contributed by atoms with Crippen LogP contribution in [0.3, 0.4) is 0 Å². The van der Waals surface area contributed by atoms with Crippen LogP contribution in [0.15, 0.2) is 24.5 Å². The maximum Gasteiger partial charge on any atom is 0.211 e. The van der Waals surface area contributed by atoms with Crippen molar-refractivity contribution in [2.45, 2.75) is 0 Å². The monoisotopic (exact) mass is 263 g/mol. The Hall–Kier alpha value is -2.14. The van der Waals surface area contributed by atoms with Gasteiger partial charge in [0.15, 0.2) is 5.82 Å². The molecule has 0 radical (unpaired) electrons. The van der Waals surface area contributed by atoms with Gasteiger partial charge in [-0.15, -0.1) is 0 Å². The Labute approximate surface area is 106 Å². The highest BCUT2D eigenvalue weighted by molar-refractivity contribution is 6.32. The van der Waals surface area contributed by atoms with Gasteiger partial charge in [-0.25, -0.2) is 4.39 Å². The molecule has 3 aromatic rings. The van der Waals surface area contributed by atoms with E-state index in [1.165, 1.54) is 6.20 Å². The number of hydrogen-bond donors (Lipinski definition) is 2. The normalized spacial score (nSPS) is 11.0. The molecule has 1 aromatic carbocycles. The van der Waals surface area contributed by atoms with Crippen LogP contribution in [-0.4, -0.2) is 16.4 Å². The number of halogens is 2. The minimum Gasteiger partial charge on any atom is -0.351 e. The van der Waals surface area contributed by atoms with Crippen LogP contribution in [0.4, 0.5) is 10.1 Å². The zero-order valence-corrected chi connectivity index (χ0v) is 9.75. The molecule has 0 atom stereocenters. The fraction of sp³-hybridized carbons (Fsp3) is 0. The molecule has 2 N–H and O–H groups in total. The van der Waals surface area contributed by atoms with E-state index in [0.29, 0.717) is 38.9 Å². The molecular weight excluding hydrogens is 257 g/mol. The highest BCUT2D eigenvalue weighted by Gasteiger charge is 2.13. The summed E-state index contributed by atoms with van der Waals surface area (Å²) in [5.41, 5.74) is 1.68. The lowest BCUT2D eigenvalue weighted by Gasteiger charge is -2.02. The minimum absolute atomic E-state index is 0.413. The smallest absolute Gasteiger partial charge is 0.211 e. The topological polar surface area (TPSA) is 57.8 Å². The van der Waals surface area contributed by atoms with Gasteiger partial charge in [0.1, 0.15) is 0 Å². The van der Waals surface area contributed by atoms with Gasteiger partial charge in [-0.3, -0.25) is 9.78 Å². The lowest BCUT2D eigenvalue weighted by Crippen LogP contribution is -1.94. The number of pyridine rings is 1. The van der Waals surface area contributed by atoms with Crippen molar-refractivity contribution in [3.8, 4) is 0 Å². The Morgan fingerprint density at radius 1 is 1.39 bits per heavy atom. The summed E-state index contributed by atoms with van der Waals surface area (Å²) in [7, 11) is 0. The van der Waals surface area contributed by atoms with Gasteiger partial charge in [-0.05, 0) is 12.1 Å². The summed E-state index contributed by atoms with van der Waals surface area (Å²) >= 11 is 5.96. The number of benzene rings is 1. The summed E-state index contributed by atoms with van der Waals surface area (Å²) in [4.78, 5) is 17.4. The van der Waals surface area contributed by atoms with Crippen molar-refractivity contribution < 1.29 is 9.18 Å². The molecule has 0 bridgehead atoms. The van der Waals surface area contributed by atoms with Crippen molar-refractivity contribution in [3.63, 3.8) is 0 Å². The quantitative estimate of drug-likeness (QED) is 0.698. The molecule has 0 aliphatic heterocycles. The molecule has 1 amide bonds. The third kappa shape index (κ3) is 1.52. The molecule has 6 heteroatoms. The van der Waals surface area contributed by atoms with Crippen LogP contribution in [0.1, 0.15) is 0 Å². The molecular formula is C12H7ClFN3O. The van der Waals surface area contributed by atoms with E-state index in [9.17, 15) is 9.18 Å². The van der Waals surface area contributed by atoms with E-state index in [1.807, 2.05) is 0 Å². The van der Waals surface area contributed by atoms with Crippen molar-refractivity contribution >= 4 is 45.5 Å². The summed E-state index contributed by atoms with van der Waals surface area (Å²) in [5.74, 6) is -0.432. The maximum atomic E-state index is 13.8. The minimum atomic E-state index is -0.432.